The van der Waals surface area contributed by atoms with E-state index in [4.69, 9.17) is 9.15 Å². The Morgan fingerprint density at radius 2 is 2.13 bits per heavy atom. The number of hydrogen-bond donors (Lipinski definition) is 0. The third kappa shape index (κ3) is 3.63. The molecule has 3 rings (SSSR count). The van der Waals surface area contributed by atoms with Crippen LogP contribution in [0.25, 0.3) is 0 Å². The number of nitrogens with zero attached hydrogens (tertiary/aromatic N) is 2. The van der Waals surface area contributed by atoms with Gasteiger partial charge in [-0.3, -0.25) is 4.90 Å². The molecule has 2 fully saturated rings. The zero-order chi connectivity index (χ0) is 16.5. The summed E-state index contributed by atoms with van der Waals surface area (Å²) in [5, 5.41) is 0. The van der Waals surface area contributed by atoms with Gasteiger partial charge >= 0.3 is 0 Å². The van der Waals surface area contributed by atoms with Gasteiger partial charge in [-0.15, -0.1) is 0 Å². The van der Waals surface area contributed by atoms with Crippen molar-refractivity contribution in [3.8, 4) is 0 Å². The summed E-state index contributed by atoms with van der Waals surface area (Å²) in [5.74, 6) is 1.13. The topological polar surface area (TPSA) is 63.0 Å². The molecule has 3 heterocycles. The van der Waals surface area contributed by atoms with E-state index >= 15 is 0 Å². The maximum atomic E-state index is 12.0. The standard InChI is InChI=1S/C16H26N2O4S/c1-3-23(19,20)18-8-6-16(7-9-18)11-14(13-22-16)17(2)12-15-5-4-10-21-15/h4-5,10,14H,3,6-9,11-13H2,1-2H3. The highest BCUT2D eigenvalue weighted by Crippen LogP contribution is 2.38. The normalized spacial score (nSPS) is 25.4. The van der Waals surface area contributed by atoms with Gasteiger partial charge in [-0.2, -0.15) is 0 Å². The molecule has 23 heavy (non-hydrogen) atoms. The fourth-order valence-corrected chi connectivity index (χ4v) is 4.69. The van der Waals surface area contributed by atoms with Gasteiger partial charge in [0.15, 0.2) is 0 Å². The number of piperidine rings is 1. The average Bonchev–Trinajstić information content (AvgIpc) is 3.18. The van der Waals surface area contributed by atoms with Crippen molar-refractivity contribution in [2.24, 2.45) is 0 Å². The largest absolute Gasteiger partial charge is 0.468 e. The second kappa shape index (κ2) is 6.55. The molecule has 0 aliphatic carbocycles. The third-order valence-corrected chi connectivity index (χ3v) is 7.07. The number of likely N-dealkylation sites (N-methyl/N-ethyl adjacent to an activating group) is 1. The van der Waals surface area contributed by atoms with Crippen LogP contribution >= 0.6 is 0 Å². The highest BCUT2D eigenvalue weighted by atomic mass is 32.2. The molecule has 1 aromatic rings. The van der Waals surface area contributed by atoms with E-state index < -0.39 is 10.0 Å². The van der Waals surface area contributed by atoms with E-state index in [1.807, 2.05) is 12.1 Å². The van der Waals surface area contributed by atoms with Gasteiger partial charge in [0.05, 0.1) is 30.8 Å². The Morgan fingerprint density at radius 3 is 2.74 bits per heavy atom. The lowest BCUT2D eigenvalue weighted by atomic mass is 9.88. The number of sulfonamides is 1. The van der Waals surface area contributed by atoms with Gasteiger partial charge in [-0.05, 0) is 45.4 Å². The van der Waals surface area contributed by atoms with Crippen LogP contribution in [0.3, 0.4) is 0 Å². The first-order valence-electron chi connectivity index (χ1n) is 8.28. The van der Waals surface area contributed by atoms with Gasteiger partial charge < -0.3 is 9.15 Å². The molecule has 6 nitrogen and oxygen atoms in total. The molecule has 2 aliphatic heterocycles. The molecule has 0 aromatic carbocycles. The Kier molecular flexibility index (Phi) is 4.83. The van der Waals surface area contributed by atoms with Gasteiger partial charge in [-0.25, -0.2) is 12.7 Å². The number of furan rings is 1. The predicted molar refractivity (Wildman–Crippen MR) is 87.5 cm³/mol. The van der Waals surface area contributed by atoms with Crippen molar-refractivity contribution < 1.29 is 17.6 Å². The van der Waals surface area contributed by atoms with Gasteiger partial charge in [0.2, 0.25) is 10.0 Å². The molecule has 130 valence electrons. The summed E-state index contributed by atoms with van der Waals surface area (Å²) in [6, 6.07) is 4.24. The monoisotopic (exact) mass is 342 g/mol. The zero-order valence-electron chi connectivity index (χ0n) is 13.9. The quantitative estimate of drug-likeness (QED) is 0.815. The summed E-state index contributed by atoms with van der Waals surface area (Å²) in [6.07, 6.45) is 4.23. The third-order valence-electron chi connectivity index (χ3n) is 5.19. The summed E-state index contributed by atoms with van der Waals surface area (Å²) >= 11 is 0. The summed E-state index contributed by atoms with van der Waals surface area (Å²) in [4.78, 5) is 2.27. The van der Waals surface area contributed by atoms with E-state index in [1.54, 1.807) is 17.5 Å². The van der Waals surface area contributed by atoms with Crippen LogP contribution in [0.2, 0.25) is 0 Å². The average molecular weight is 342 g/mol. The van der Waals surface area contributed by atoms with Crippen LogP contribution in [0, 0.1) is 0 Å². The molecule has 0 amide bonds. The highest BCUT2D eigenvalue weighted by Gasteiger charge is 2.45. The highest BCUT2D eigenvalue weighted by molar-refractivity contribution is 7.89. The first-order chi connectivity index (χ1) is 10.9. The van der Waals surface area contributed by atoms with Crippen LogP contribution in [0.1, 0.15) is 31.9 Å². The van der Waals surface area contributed by atoms with Crippen LogP contribution in [0.4, 0.5) is 0 Å². The molecular weight excluding hydrogens is 316 g/mol. The molecule has 2 saturated heterocycles. The molecule has 1 spiro atoms. The fourth-order valence-electron chi connectivity index (χ4n) is 3.58. The zero-order valence-corrected chi connectivity index (χ0v) is 14.7. The maximum Gasteiger partial charge on any atom is 0.213 e. The molecule has 0 radical (unpaired) electrons. The molecule has 1 aromatic heterocycles. The number of rotatable bonds is 5. The molecule has 0 bridgehead atoms. The molecule has 0 saturated carbocycles. The van der Waals surface area contributed by atoms with Crippen LogP contribution in [0.15, 0.2) is 22.8 Å². The van der Waals surface area contributed by atoms with Crippen molar-refractivity contribution in [3.63, 3.8) is 0 Å². The Hall–Kier alpha value is -0.890. The lowest BCUT2D eigenvalue weighted by Crippen LogP contribution is -2.47. The fraction of sp³-hybridized carbons (Fsp3) is 0.750. The van der Waals surface area contributed by atoms with E-state index in [0.29, 0.717) is 25.7 Å². The first-order valence-corrected chi connectivity index (χ1v) is 9.89. The maximum absolute atomic E-state index is 12.0. The van der Waals surface area contributed by atoms with E-state index in [2.05, 4.69) is 11.9 Å². The Balaban J connectivity index is 1.55. The molecule has 0 N–H and O–H groups in total. The van der Waals surface area contributed by atoms with E-state index in [9.17, 15) is 8.42 Å². The van der Waals surface area contributed by atoms with Crippen molar-refractivity contribution in [2.45, 2.75) is 44.4 Å². The minimum atomic E-state index is -3.08. The lowest BCUT2D eigenvalue weighted by Gasteiger charge is -2.38. The minimum absolute atomic E-state index is 0.151. The van der Waals surface area contributed by atoms with E-state index in [1.165, 1.54) is 0 Å². The van der Waals surface area contributed by atoms with Gasteiger partial charge in [-0.1, -0.05) is 0 Å². The van der Waals surface area contributed by atoms with Crippen LogP contribution in [-0.2, 0) is 21.3 Å². The van der Waals surface area contributed by atoms with Crippen molar-refractivity contribution in [3.05, 3.63) is 24.2 Å². The van der Waals surface area contributed by atoms with Gasteiger partial charge in [0, 0.05) is 19.1 Å². The molecule has 2 aliphatic rings. The lowest BCUT2D eigenvalue weighted by molar-refractivity contribution is -0.0316. The Labute approximate surface area is 138 Å². The minimum Gasteiger partial charge on any atom is -0.468 e. The second-order valence-electron chi connectivity index (χ2n) is 6.65. The summed E-state index contributed by atoms with van der Waals surface area (Å²) in [5.41, 5.74) is -0.151. The summed E-state index contributed by atoms with van der Waals surface area (Å²) in [7, 11) is -0.987. The Bertz CT molecular complexity index is 606. The van der Waals surface area contributed by atoms with Crippen molar-refractivity contribution in [2.75, 3.05) is 32.5 Å². The summed E-state index contributed by atoms with van der Waals surface area (Å²) in [6.45, 7) is 4.33. The molecular formula is C16H26N2O4S. The summed E-state index contributed by atoms with van der Waals surface area (Å²) < 4.78 is 37.1. The van der Waals surface area contributed by atoms with Crippen LogP contribution in [-0.4, -0.2) is 61.8 Å². The van der Waals surface area contributed by atoms with E-state index in [0.717, 1.165) is 31.6 Å². The molecule has 1 unspecified atom stereocenters. The smallest absolute Gasteiger partial charge is 0.213 e. The van der Waals surface area contributed by atoms with Crippen molar-refractivity contribution in [1.29, 1.82) is 0 Å². The molecule has 1 atom stereocenters. The van der Waals surface area contributed by atoms with E-state index in [-0.39, 0.29) is 11.4 Å². The van der Waals surface area contributed by atoms with Crippen LogP contribution < -0.4 is 0 Å². The SMILES string of the molecule is CCS(=O)(=O)N1CCC2(CC1)CC(N(C)Cc1ccco1)CO2. The van der Waals surface area contributed by atoms with Gasteiger partial charge in [0.1, 0.15) is 5.76 Å². The first kappa shape index (κ1) is 17.0. The van der Waals surface area contributed by atoms with Gasteiger partial charge in [0.25, 0.3) is 0 Å². The number of hydrogen-bond acceptors (Lipinski definition) is 5. The number of ether oxygens (including phenoxy) is 1. The van der Waals surface area contributed by atoms with Crippen molar-refractivity contribution >= 4 is 10.0 Å². The Morgan fingerprint density at radius 1 is 1.39 bits per heavy atom. The van der Waals surface area contributed by atoms with Crippen molar-refractivity contribution in [1.82, 2.24) is 9.21 Å². The molecule has 7 heteroatoms. The predicted octanol–water partition coefficient (Wildman–Crippen LogP) is 1.68. The second-order valence-corrected chi connectivity index (χ2v) is 8.90. The van der Waals surface area contributed by atoms with Crippen LogP contribution in [0.5, 0.6) is 0 Å².